The first-order valence-electron chi connectivity index (χ1n) is 21.0. The maximum atomic E-state index is 2.37. The number of fused-ring (bicyclic) bond motifs is 3. The lowest BCUT2D eigenvalue weighted by Gasteiger charge is -2.26. The minimum absolute atomic E-state index is 1.09. The van der Waals surface area contributed by atoms with E-state index in [0.717, 1.165) is 17.1 Å². The molecule has 11 aromatic carbocycles. The van der Waals surface area contributed by atoms with Crippen molar-refractivity contribution in [3.05, 3.63) is 249 Å². The zero-order chi connectivity index (χ0) is 40.5. The quantitative estimate of drug-likeness (QED) is 0.149. The molecule has 0 spiro atoms. The second-order valence-corrected chi connectivity index (χ2v) is 15.7. The highest BCUT2D eigenvalue weighted by Crippen LogP contribution is 2.42. The Labute approximate surface area is 357 Å². The lowest BCUT2D eigenvalue weighted by molar-refractivity contribution is 1.28. The number of anilines is 3. The van der Waals surface area contributed by atoms with Gasteiger partial charge in [0.25, 0.3) is 0 Å². The van der Waals surface area contributed by atoms with E-state index in [4.69, 9.17) is 0 Å². The molecule has 1 nitrogen and oxygen atoms in total. The van der Waals surface area contributed by atoms with Gasteiger partial charge in [0.15, 0.2) is 0 Å². The normalized spacial score (nSPS) is 11.3. The van der Waals surface area contributed by atoms with Crippen LogP contribution in [-0.4, -0.2) is 0 Å². The zero-order valence-corrected chi connectivity index (χ0v) is 33.6. The van der Waals surface area contributed by atoms with Gasteiger partial charge in [-0.2, -0.15) is 0 Å². The summed E-state index contributed by atoms with van der Waals surface area (Å²) >= 11 is 0. The van der Waals surface area contributed by atoms with Crippen molar-refractivity contribution in [1.29, 1.82) is 0 Å². The summed E-state index contributed by atoms with van der Waals surface area (Å²) in [6.07, 6.45) is 0. The first-order chi connectivity index (χ1) is 30.2. The minimum Gasteiger partial charge on any atom is -0.311 e. The van der Waals surface area contributed by atoms with Crippen molar-refractivity contribution in [3.8, 4) is 55.6 Å². The van der Waals surface area contributed by atoms with Crippen molar-refractivity contribution in [2.45, 2.75) is 0 Å². The summed E-state index contributed by atoms with van der Waals surface area (Å²) < 4.78 is 0. The predicted molar refractivity (Wildman–Crippen MR) is 261 cm³/mol. The van der Waals surface area contributed by atoms with E-state index >= 15 is 0 Å². The Hall–Kier alpha value is -8.00. The van der Waals surface area contributed by atoms with E-state index in [0.29, 0.717) is 0 Å². The van der Waals surface area contributed by atoms with E-state index in [1.165, 1.54) is 88.0 Å². The smallest absolute Gasteiger partial charge is 0.0462 e. The molecule has 0 saturated heterocycles. The average molecular weight is 776 g/mol. The van der Waals surface area contributed by atoms with Crippen molar-refractivity contribution < 1.29 is 0 Å². The van der Waals surface area contributed by atoms with Gasteiger partial charge in [0.2, 0.25) is 0 Å². The Bertz CT molecular complexity index is 3300. The third kappa shape index (κ3) is 6.93. The van der Waals surface area contributed by atoms with Crippen LogP contribution in [0, 0.1) is 0 Å². The number of benzene rings is 11. The van der Waals surface area contributed by atoms with Gasteiger partial charge >= 0.3 is 0 Å². The van der Waals surface area contributed by atoms with Crippen molar-refractivity contribution in [2.24, 2.45) is 0 Å². The van der Waals surface area contributed by atoms with Crippen LogP contribution in [0.15, 0.2) is 249 Å². The molecule has 0 aliphatic carbocycles. The fourth-order valence-corrected chi connectivity index (χ4v) is 8.96. The highest BCUT2D eigenvalue weighted by atomic mass is 15.1. The van der Waals surface area contributed by atoms with Crippen LogP contribution in [0.2, 0.25) is 0 Å². The van der Waals surface area contributed by atoms with Crippen LogP contribution in [0.5, 0.6) is 0 Å². The predicted octanol–water partition coefficient (Wildman–Crippen LogP) is 17.0. The maximum Gasteiger partial charge on any atom is 0.0462 e. The van der Waals surface area contributed by atoms with Gasteiger partial charge in [-0.05, 0) is 130 Å². The largest absolute Gasteiger partial charge is 0.311 e. The fourth-order valence-electron chi connectivity index (χ4n) is 8.96. The minimum atomic E-state index is 1.09. The summed E-state index contributed by atoms with van der Waals surface area (Å²) in [5.74, 6) is 0. The molecule has 0 N–H and O–H groups in total. The lowest BCUT2D eigenvalue weighted by atomic mass is 9.89. The molecule has 0 amide bonds. The molecule has 286 valence electrons. The molecule has 0 unspecified atom stereocenters. The second kappa shape index (κ2) is 15.6. The van der Waals surface area contributed by atoms with Gasteiger partial charge in [-0.25, -0.2) is 0 Å². The third-order valence-electron chi connectivity index (χ3n) is 12.1. The Balaban J connectivity index is 0.968. The standard InChI is InChI=1S/C60H41N/c1-2-12-47(13-3-1)59-40-33-48-15-7-9-19-58(48)60(59)50-31-38-55(39-32-50)61(54-36-29-49(30-37-54)57-20-10-17-46-14-6-8-18-56(46)57)53-34-27-44(28-35-53)43-21-23-45(24-22-43)52-26-25-42-11-4-5-16-51(42)41-52/h1-41H. The topological polar surface area (TPSA) is 3.24 Å². The zero-order valence-electron chi connectivity index (χ0n) is 33.6. The molecular formula is C60H41N. The summed E-state index contributed by atoms with van der Waals surface area (Å²) in [4.78, 5) is 2.37. The molecule has 0 saturated carbocycles. The SMILES string of the molecule is c1ccc(-c2ccc3ccccc3c2-c2ccc(N(c3ccc(-c4ccc(-c5ccc6ccccc6c5)cc4)cc3)c3ccc(-c4cccc5ccccc45)cc3)cc2)cc1. The van der Waals surface area contributed by atoms with Gasteiger partial charge in [-0.1, -0.05) is 206 Å². The number of rotatable bonds is 8. The van der Waals surface area contributed by atoms with Crippen molar-refractivity contribution in [1.82, 2.24) is 0 Å². The third-order valence-corrected chi connectivity index (χ3v) is 12.1. The molecule has 0 aromatic heterocycles. The maximum absolute atomic E-state index is 2.37. The van der Waals surface area contributed by atoms with E-state index in [1.807, 2.05) is 0 Å². The molecule has 61 heavy (non-hydrogen) atoms. The van der Waals surface area contributed by atoms with E-state index in [9.17, 15) is 0 Å². The van der Waals surface area contributed by atoms with Gasteiger partial charge in [-0.3, -0.25) is 0 Å². The Morgan fingerprint density at radius 2 is 0.639 bits per heavy atom. The Kier molecular flexibility index (Phi) is 9.26. The highest BCUT2D eigenvalue weighted by Gasteiger charge is 2.17. The molecule has 0 radical (unpaired) electrons. The van der Waals surface area contributed by atoms with Crippen LogP contribution in [0.1, 0.15) is 0 Å². The molecule has 0 heterocycles. The lowest BCUT2D eigenvalue weighted by Crippen LogP contribution is -2.09. The van der Waals surface area contributed by atoms with Crippen LogP contribution >= 0.6 is 0 Å². The second-order valence-electron chi connectivity index (χ2n) is 15.7. The summed E-state index contributed by atoms with van der Waals surface area (Å²) in [7, 11) is 0. The van der Waals surface area contributed by atoms with Crippen molar-refractivity contribution >= 4 is 49.4 Å². The average Bonchev–Trinajstić information content (AvgIpc) is 3.34. The number of hydrogen-bond acceptors (Lipinski definition) is 1. The fraction of sp³-hybridized carbons (Fsp3) is 0. The number of hydrogen-bond donors (Lipinski definition) is 0. The van der Waals surface area contributed by atoms with Crippen molar-refractivity contribution in [3.63, 3.8) is 0 Å². The summed E-state index contributed by atoms with van der Waals surface area (Å²) in [6, 6.07) is 90.4. The molecule has 11 rings (SSSR count). The van der Waals surface area contributed by atoms with Crippen LogP contribution in [0.3, 0.4) is 0 Å². The molecule has 11 aromatic rings. The van der Waals surface area contributed by atoms with Gasteiger partial charge in [0.05, 0.1) is 0 Å². The Morgan fingerprint density at radius 1 is 0.213 bits per heavy atom. The molecule has 0 bridgehead atoms. The van der Waals surface area contributed by atoms with E-state index < -0.39 is 0 Å². The number of nitrogens with zero attached hydrogens (tertiary/aromatic N) is 1. The molecule has 0 aliphatic rings. The molecule has 1 heteroatoms. The summed E-state index contributed by atoms with van der Waals surface area (Å²) in [5, 5.41) is 7.50. The van der Waals surface area contributed by atoms with Gasteiger partial charge in [0, 0.05) is 17.1 Å². The van der Waals surface area contributed by atoms with Gasteiger partial charge < -0.3 is 4.90 Å². The van der Waals surface area contributed by atoms with E-state index in [2.05, 4.69) is 254 Å². The monoisotopic (exact) mass is 775 g/mol. The highest BCUT2D eigenvalue weighted by molar-refractivity contribution is 6.04. The van der Waals surface area contributed by atoms with E-state index in [-0.39, 0.29) is 0 Å². The summed E-state index contributed by atoms with van der Waals surface area (Å²) in [5.41, 5.74) is 15.4. The van der Waals surface area contributed by atoms with Crippen molar-refractivity contribution in [2.75, 3.05) is 4.90 Å². The van der Waals surface area contributed by atoms with Gasteiger partial charge in [0.1, 0.15) is 0 Å². The molecule has 0 atom stereocenters. The van der Waals surface area contributed by atoms with Crippen LogP contribution < -0.4 is 4.90 Å². The molecular weight excluding hydrogens is 735 g/mol. The van der Waals surface area contributed by atoms with Crippen LogP contribution in [-0.2, 0) is 0 Å². The first kappa shape index (κ1) is 36.1. The Morgan fingerprint density at radius 3 is 1.30 bits per heavy atom. The molecule has 0 aliphatic heterocycles. The summed E-state index contributed by atoms with van der Waals surface area (Å²) in [6.45, 7) is 0. The van der Waals surface area contributed by atoms with E-state index in [1.54, 1.807) is 0 Å². The van der Waals surface area contributed by atoms with Crippen LogP contribution in [0.4, 0.5) is 17.1 Å². The molecule has 0 fully saturated rings. The first-order valence-corrected chi connectivity index (χ1v) is 21.0. The van der Waals surface area contributed by atoms with Gasteiger partial charge in [-0.15, -0.1) is 0 Å². The van der Waals surface area contributed by atoms with Crippen LogP contribution in [0.25, 0.3) is 88.0 Å².